The van der Waals surface area contributed by atoms with Gasteiger partial charge in [-0.15, -0.1) is 0 Å². The average molecular weight is 495 g/mol. The summed E-state index contributed by atoms with van der Waals surface area (Å²) in [5.41, 5.74) is 3.82. The molecule has 1 aromatic heterocycles. The quantitative estimate of drug-likeness (QED) is 0.233. The number of aliphatic carboxylic acids is 1. The van der Waals surface area contributed by atoms with Crippen molar-refractivity contribution in [3.05, 3.63) is 106 Å². The topological polar surface area (TPSA) is 150 Å². The zero-order valence-electron chi connectivity index (χ0n) is 19.6. The van der Waals surface area contributed by atoms with E-state index in [-0.39, 0.29) is 23.0 Å². The number of hydrazone groups is 1. The molecule has 1 unspecified atom stereocenters. The van der Waals surface area contributed by atoms with Crippen LogP contribution in [0.4, 0.5) is 5.95 Å². The minimum Gasteiger partial charge on any atom is -0.493 e. The number of aromatic amines is 1. The van der Waals surface area contributed by atoms with Crippen LogP contribution in [-0.4, -0.2) is 34.4 Å². The largest absolute Gasteiger partial charge is 0.493 e. The van der Waals surface area contributed by atoms with Gasteiger partial charge in [0, 0.05) is 11.1 Å². The highest BCUT2D eigenvalue weighted by Gasteiger charge is 2.23. The van der Waals surface area contributed by atoms with E-state index in [2.05, 4.69) is 20.5 Å². The molecule has 3 aromatic carbocycles. The van der Waals surface area contributed by atoms with Crippen LogP contribution in [0.1, 0.15) is 22.8 Å². The van der Waals surface area contributed by atoms with Gasteiger partial charge in [-0.3, -0.25) is 9.78 Å². The van der Waals surface area contributed by atoms with Gasteiger partial charge >= 0.3 is 5.97 Å². The number of anilines is 1. The molecule has 4 aromatic rings. The molecule has 0 bridgehead atoms. The number of nitrogens with one attached hydrogen (secondary N) is 2. The Morgan fingerprint density at radius 2 is 1.81 bits per heavy atom. The van der Waals surface area contributed by atoms with Crippen molar-refractivity contribution in [3.8, 4) is 28.8 Å². The molecule has 0 spiro atoms. The number of rotatable bonds is 9. The summed E-state index contributed by atoms with van der Waals surface area (Å²) in [6.45, 7) is 0. The lowest BCUT2D eigenvalue weighted by atomic mass is 10.1. The molecule has 1 atom stereocenters. The Bertz CT molecular complexity index is 1530. The highest BCUT2D eigenvalue weighted by atomic mass is 16.5. The third-order valence-corrected chi connectivity index (χ3v) is 5.22. The lowest BCUT2D eigenvalue weighted by molar-refractivity contribution is -0.145. The number of aromatic nitrogens is 2. The summed E-state index contributed by atoms with van der Waals surface area (Å²) in [4.78, 5) is 31.1. The Morgan fingerprint density at radius 3 is 2.46 bits per heavy atom. The van der Waals surface area contributed by atoms with Gasteiger partial charge in [0.25, 0.3) is 5.56 Å². The maximum Gasteiger partial charge on any atom is 0.349 e. The van der Waals surface area contributed by atoms with E-state index >= 15 is 0 Å². The first kappa shape index (κ1) is 24.7. The molecule has 0 fully saturated rings. The third-order valence-electron chi connectivity index (χ3n) is 5.22. The number of hydrogen-bond acceptors (Lipinski definition) is 8. The number of carboxylic acids is 1. The predicted octanol–water partition coefficient (Wildman–Crippen LogP) is 3.97. The number of hydrogen-bond donors (Lipinski definition) is 3. The molecule has 0 saturated heterocycles. The summed E-state index contributed by atoms with van der Waals surface area (Å²) in [6, 6.07) is 24.2. The number of carbonyl (C=O) groups is 1. The van der Waals surface area contributed by atoms with Crippen molar-refractivity contribution in [2.75, 3.05) is 12.5 Å². The Morgan fingerprint density at radius 1 is 1.11 bits per heavy atom. The molecule has 0 saturated carbocycles. The second kappa shape index (κ2) is 11.3. The van der Waals surface area contributed by atoms with Crippen LogP contribution in [0.25, 0.3) is 11.3 Å². The van der Waals surface area contributed by atoms with Crippen LogP contribution in [0, 0.1) is 11.3 Å². The third kappa shape index (κ3) is 5.80. The molecule has 10 heteroatoms. The van der Waals surface area contributed by atoms with Gasteiger partial charge in [-0.25, -0.2) is 15.2 Å². The van der Waals surface area contributed by atoms with Crippen molar-refractivity contribution < 1.29 is 19.4 Å². The summed E-state index contributed by atoms with van der Waals surface area (Å²) in [5.74, 6) is -0.560. The maximum atomic E-state index is 12.4. The van der Waals surface area contributed by atoms with Crippen molar-refractivity contribution in [1.82, 2.24) is 9.97 Å². The second-order valence-corrected chi connectivity index (χ2v) is 7.64. The van der Waals surface area contributed by atoms with E-state index in [0.717, 1.165) is 0 Å². The van der Waals surface area contributed by atoms with Crippen LogP contribution >= 0.6 is 0 Å². The lowest BCUT2D eigenvalue weighted by Gasteiger charge is -2.17. The molecule has 0 amide bonds. The van der Waals surface area contributed by atoms with Crippen LogP contribution in [0.2, 0.25) is 0 Å². The summed E-state index contributed by atoms with van der Waals surface area (Å²) in [7, 11) is 1.45. The highest BCUT2D eigenvalue weighted by molar-refractivity contribution is 5.82. The predicted molar refractivity (Wildman–Crippen MR) is 137 cm³/mol. The fraction of sp³-hybridized carbons (Fsp3) is 0.0741. The van der Waals surface area contributed by atoms with Gasteiger partial charge in [0.2, 0.25) is 12.1 Å². The van der Waals surface area contributed by atoms with Crippen molar-refractivity contribution in [3.63, 3.8) is 0 Å². The first-order valence-corrected chi connectivity index (χ1v) is 11.0. The first-order chi connectivity index (χ1) is 18.0. The number of methoxy groups -OCH3 is 1. The molecule has 0 aliphatic rings. The molecule has 10 nitrogen and oxygen atoms in total. The van der Waals surface area contributed by atoms with Crippen molar-refractivity contribution in [2.45, 2.75) is 6.10 Å². The number of nitriles is 1. The second-order valence-electron chi connectivity index (χ2n) is 7.64. The normalized spacial score (nSPS) is 11.5. The van der Waals surface area contributed by atoms with E-state index in [0.29, 0.717) is 22.4 Å². The summed E-state index contributed by atoms with van der Waals surface area (Å²) < 4.78 is 11.1. The summed E-state index contributed by atoms with van der Waals surface area (Å²) in [6.07, 6.45) is 0.190. The van der Waals surface area contributed by atoms with Gasteiger partial charge in [0.15, 0.2) is 11.5 Å². The Balaban J connectivity index is 1.58. The van der Waals surface area contributed by atoms with Gasteiger partial charge in [0.05, 0.1) is 19.0 Å². The maximum absolute atomic E-state index is 12.4. The zero-order chi connectivity index (χ0) is 26.2. The van der Waals surface area contributed by atoms with Crippen molar-refractivity contribution >= 4 is 18.1 Å². The van der Waals surface area contributed by atoms with E-state index in [9.17, 15) is 20.0 Å². The fourth-order valence-electron chi connectivity index (χ4n) is 3.48. The van der Waals surface area contributed by atoms with Gasteiger partial charge in [-0.1, -0.05) is 60.7 Å². The highest BCUT2D eigenvalue weighted by Crippen LogP contribution is 2.32. The standard InChI is InChI=1S/C27H21N5O5/c1-36-21-13-12-17(14-22(21)37-24(26(34)35)19-10-6-3-7-11-19)16-29-32-27-30-23(18-8-4-2-5-9-18)20(15-28)25(33)31-27/h2-14,16,24H,1H3,(H,34,35)(H2,30,31,32,33). The number of benzene rings is 3. The number of H-pyrrole nitrogens is 1. The Hall–Kier alpha value is -5.43. The number of carboxylic acid groups (broad SMARTS) is 1. The minimum atomic E-state index is -1.25. The summed E-state index contributed by atoms with van der Waals surface area (Å²) in [5, 5.41) is 23.2. The van der Waals surface area contributed by atoms with Crippen molar-refractivity contribution in [2.24, 2.45) is 5.10 Å². The van der Waals surface area contributed by atoms with Crippen LogP contribution in [0.5, 0.6) is 11.5 Å². The number of nitrogens with zero attached hydrogens (tertiary/aromatic N) is 3. The van der Waals surface area contributed by atoms with Gasteiger partial charge < -0.3 is 14.6 Å². The molecule has 37 heavy (non-hydrogen) atoms. The molecule has 1 heterocycles. The molecule has 184 valence electrons. The van der Waals surface area contributed by atoms with E-state index in [1.165, 1.54) is 13.3 Å². The smallest absolute Gasteiger partial charge is 0.349 e. The van der Waals surface area contributed by atoms with E-state index in [1.807, 2.05) is 12.1 Å². The summed E-state index contributed by atoms with van der Waals surface area (Å²) >= 11 is 0. The van der Waals surface area contributed by atoms with Gasteiger partial charge in [0.1, 0.15) is 11.6 Å². The molecular weight excluding hydrogens is 474 g/mol. The molecule has 0 aliphatic heterocycles. The van der Waals surface area contributed by atoms with Gasteiger partial charge in [-0.2, -0.15) is 10.4 Å². The molecule has 0 radical (unpaired) electrons. The molecule has 3 N–H and O–H groups in total. The van der Waals surface area contributed by atoms with Crippen LogP contribution < -0.4 is 20.5 Å². The average Bonchev–Trinajstić information content (AvgIpc) is 2.92. The fourth-order valence-corrected chi connectivity index (χ4v) is 3.48. The van der Waals surface area contributed by atoms with Crippen molar-refractivity contribution in [1.29, 1.82) is 5.26 Å². The van der Waals surface area contributed by atoms with E-state index in [4.69, 9.17) is 9.47 Å². The van der Waals surface area contributed by atoms with Crippen LogP contribution in [0.15, 0.2) is 88.8 Å². The Labute approximate surface area is 211 Å². The number of ether oxygens (including phenoxy) is 2. The molecular formula is C27H21N5O5. The lowest BCUT2D eigenvalue weighted by Crippen LogP contribution is -2.18. The monoisotopic (exact) mass is 495 g/mol. The van der Waals surface area contributed by atoms with Gasteiger partial charge in [-0.05, 0) is 23.8 Å². The zero-order valence-corrected chi connectivity index (χ0v) is 19.6. The SMILES string of the molecule is COc1ccc(C=NNc2nc(-c3ccccc3)c(C#N)c(=O)[nH]2)cc1OC(C(=O)O)c1ccccc1. The van der Waals surface area contributed by atoms with E-state index < -0.39 is 17.6 Å². The van der Waals surface area contributed by atoms with Crippen LogP contribution in [-0.2, 0) is 4.79 Å². The van der Waals surface area contributed by atoms with Crippen LogP contribution in [0.3, 0.4) is 0 Å². The van der Waals surface area contributed by atoms with E-state index in [1.54, 1.807) is 72.8 Å². The molecule has 4 rings (SSSR count). The molecule has 0 aliphatic carbocycles. The first-order valence-electron chi connectivity index (χ1n) is 11.0. The minimum absolute atomic E-state index is 0.0408. The Kier molecular flexibility index (Phi) is 7.56.